The average molecular weight is 369 g/mol. The molecule has 134 valence electrons. The first-order valence-corrected chi connectivity index (χ1v) is 9.79. The van der Waals surface area contributed by atoms with Crippen molar-refractivity contribution in [2.24, 2.45) is 10.9 Å². The van der Waals surface area contributed by atoms with E-state index in [1.807, 2.05) is 18.2 Å². The quantitative estimate of drug-likeness (QED) is 0.642. The number of rotatable bonds is 2. The Bertz CT molecular complexity index is 852. The van der Waals surface area contributed by atoms with E-state index in [1.165, 1.54) is 10.5 Å². The van der Waals surface area contributed by atoms with Crippen LogP contribution >= 0.6 is 11.9 Å². The summed E-state index contributed by atoms with van der Waals surface area (Å²) in [4.78, 5) is 18.6. The zero-order valence-corrected chi connectivity index (χ0v) is 15.1. The molecule has 2 spiro atoms. The van der Waals surface area contributed by atoms with Gasteiger partial charge in [-0.25, -0.2) is 8.70 Å². The molecular weight excluding hydrogens is 349 g/mol. The van der Waals surface area contributed by atoms with Gasteiger partial charge >= 0.3 is 0 Å². The molecule has 0 amide bonds. The van der Waals surface area contributed by atoms with Gasteiger partial charge in [-0.05, 0) is 48.6 Å². The number of carbonyl (C=O) groups is 1. The second-order valence-electron chi connectivity index (χ2n) is 7.41. The molecule has 5 rings (SSSR count). The van der Waals surface area contributed by atoms with Crippen molar-refractivity contribution in [2.75, 3.05) is 13.1 Å². The van der Waals surface area contributed by atoms with E-state index in [-0.39, 0.29) is 23.9 Å². The van der Waals surface area contributed by atoms with Crippen LogP contribution in [0.4, 0.5) is 4.39 Å². The minimum Gasteiger partial charge on any atom is -0.364 e. The van der Waals surface area contributed by atoms with Crippen LogP contribution in [-0.2, 0) is 4.79 Å². The molecule has 3 atom stereocenters. The summed E-state index contributed by atoms with van der Waals surface area (Å²) in [5.41, 5.74) is -0.117. The van der Waals surface area contributed by atoms with Crippen LogP contribution in [-0.4, -0.2) is 40.6 Å². The lowest BCUT2D eigenvalue weighted by molar-refractivity contribution is -0.126. The van der Waals surface area contributed by atoms with E-state index >= 15 is 0 Å². The lowest BCUT2D eigenvalue weighted by Crippen LogP contribution is -2.70. The van der Waals surface area contributed by atoms with Crippen LogP contribution in [0.1, 0.15) is 19.3 Å². The van der Waals surface area contributed by atoms with E-state index in [2.05, 4.69) is 27.8 Å². The fourth-order valence-electron chi connectivity index (χ4n) is 4.99. The number of carbonyl (C=O) groups excluding carboxylic acids is 1. The molecule has 2 aliphatic heterocycles. The molecule has 2 aliphatic carbocycles. The highest BCUT2D eigenvalue weighted by Gasteiger charge is 2.65. The maximum atomic E-state index is 14.3. The van der Waals surface area contributed by atoms with Crippen molar-refractivity contribution in [3.63, 3.8) is 0 Å². The van der Waals surface area contributed by atoms with Crippen LogP contribution in [0.5, 0.6) is 0 Å². The maximum absolute atomic E-state index is 14.3. The SMILES string of the molecule is O=C1CC(F)=CC23NC=NC24CN(Sc2ccccc2)CC=C4CCC13. The Morgan fingerprint density at radius 1 is 1.31 bits per heavy atom. The van der Waals surface area contributed by atoms with Crippen molar-refractivity contribution in [1.82, 2.24) is 9.62 Å². The van der Waals surface area contributed by atoms with Gasteiger partial charge in [-0.15, -0.1) is 0 Å². The first kappa shape index (κ1) is 16.3. The highest BCUT2D eigenvalue weighted by molar-refractivity contribution is 7.97. The monoisotopic (exact) mass is 369 g/mol. The summed E-state index contributed by atoms with van der Waals surface area (Å²) in [6.45, 7) is 1.49. The molecule has 1 N–H and O–H groups in total. The second-order valence-corrected chi connectivity index (χ2v) is 8.58. The predicted molar refractivity (Wildman–Crippen MR) is 101 cm³/mol. The molecule has 1 fully saturated rings. The molecule has 1 saturated carbocycles. The third-order valence-corrected chi connectivity index (χ3v) is 7.12. The Balaban J connectivity index is 1.55. The minimum absolute atomic E-state index is 0.00531. The maximum Gasteiger partial charge on any atom is 0.145 e. The van der Waals surface area contributed by atoms with Crippen LogP contribution in [0.2, 0.25) is 0 Å². The molecule has 3 unspecified atom stereocenters. The zero-order chi connectivity index (χ0) is 17.8. The first-order chi connectivity index (χ1) is 12.6. The van der Waals surface area contributed by atoms with Gasteiger partial charge in [-0.2, -0.15) is 0 Å². The van der Waals surface area contributed by atoms with Crippen molar-refractivity contribution in [2.45, 2.75) is 35.2 Å². The summed E-state index contributed by atoms with van der Waals surface area (Å²) in [6, 6.07) is 10.2. The summed E-state index contributed by atoms with van der Waals surface area (Å²) in [5.74, 6) is -0.560. The number of aliphatic imine (C=N–C) groups is 1. The molecule has 1 aromatic rings. The first-order valence-electron chi connectivity index (χ1n) is 9.02. The smallest absolute Gasteiger partial charge is 0.145 e. The van der Waals surface area contributed by atoms with Crippen molar-refractivity contribution < 1.29 is 9.18 Å². The molecular formula is C20H20FN3OS. The largest absolute Gasteiger partial charge is 0.364 e. The van der Waals surface area contributed by atoms with Crippen LogP contribution in [0.3, 0.4) is 0 Å². The molecule has 0 radical (unpaired) electrons. The molecule has 6 heteroatoms. The summed E-state index contributed by atoms with van der Waals surface area (Å²) in [7, 11) is 0. The van der Waals surface area contributed by atoms with E-state index < -0.39 is 11.1 Å². The lowest BCUT2D eigenvalue weighted by atomic mass is 9.56. The summed E-state index contributed by atoms with van der Waals surface area (Å²) in [5, 5.41) is 3.30. The van der Waals surface area contributed by atoms with Crippen LogP contribution in [0.25, 0.3) is 0 Å². The van der Waals surface area contributed by atoms with Gasteiger partial charge in [0.1, 0.15) is 17.1 Å². The molecule has 4 nitrogen and oxygen atoms in total. The number of ketones is 1. The fraction of sp³-hybridized carbons (Fsp3) is 0.400. The molecule has 2 heterocycles. The Hall–Kier alpha value is -1.92. The van der Waals surface area contributed by atoms with Gasteiger partial charge in [0.25, 0.3) is 0 Å². The zero-order valence-electron chi connectivity index (χ0n) is 14.3. The second kappa shape index (κ2) is 5.79. The topological polar surface area (TPSA) is 44.7 Å². The van der Waals surface area contributed by atoms with Crippen molar-refractivity contribution in [3.05, 3.63) is 53.9 Å². The molecule has 0 aromatic heterocycles. The summed E-state index contributed by atoms with van der Waals surface area (Å²) in [6.07, 6.45) is 7.11. The highest BCUT2D eigenvalue weighted by atomic mass is 32.2. The number of nitrogens with zero attached hydrogens (tertiary/aromatic N) is 2. The number of nitrogens with one attached hydrogen (secondary N) is 1. The summed E-state index contributed by atoms with van der Waals surface area (Å²) < 4.78 is 16.6. The minimum atomic E-state index is -0.758. The van der Waals surface area contributed by atoms with Crippen molar-refractivity contribution in [1.29, 1.82) is 0 Å². The highest BCUT2D eigenvalue weighted by Crippen LogP contribution is 2.54. The number of halogens is 1. The van der Waals surface area contributed by atoms with E-state index in [0.717, 1.165) is 19.4 Å². The third kappa shape index (κ3) is 2.18. The molecule has 0 saturated heterocycles. The standard InChI is InChI=1S/C20H20FN3OS/c21-15-10-18(25)17-7-6-14-8-9-24(26-16-4-2-1-3-5-16)12-20(14)19(17,11-15)22-13-23-20/h1-5,8,11,13,17H,6-7,9-10,12H2,(H,22,23). The fourth-order valence-corrected chi connectivity index (χ4v) is 5.96. The molecule has 1 aromatic carbocycles. The van der Waals surface area contributed by atoms with Gasteiger partial charge in [-0.1, -0.05) is 24.3 Å². The van der Waals surface area contributed by atoms with E-state index in [9.17, 15) is 9.18 Å². The number of hydrogen-bond acceptors (Lipinski definition) is 5. The Kier molecular flexibility index (Phi) is 3.62. The van der Waals surface area contributed by atoms with Gasteiger partial charge in [0.2, 0.25) is 0 Å². The predicted octanol–water partition coefficient (Wildman–Crippen LogP) is 3.28. The van der Waals surface area contributed by atoms with Crippen LogP contribution in [0.15, 0.2) is 63.8 Å². The Labute approximate surface area is 156 Å². The molecule has 26 heavy (non-hydrogen) atoms. The third-order valence-electron chi connectivity index (χ3n) is 6.10. The number of hydrogen-bond donors (Lipinski definition) is 1. The van der Waals surface area contributed by atoms with Crippen LogP contribution in [0, 0.1) is 5.92 Å². The summed E-state index contributed by atoms with van der Waals surface area (Å²) >= 11 is 1.69. The van der Waals surface area contributed by atoms with Crippen LogP contribution < -0.4 is 5.32 Å². The average Bonchev–Trinajstić information content (AvgIpc) is 2.98. The number of allylic oxidation sites excluding steroid dienone is 1. The van der Waals surface area contributed by atoms with E-state index in [1.54, 1.807) is 24.4 Å². The van der Waals surface area contributed by atoms with Gasteiger partial charge in [0.15, 0.2) is 0 Å². The van der Waals surface area contributed by atoms with E-state index in [0.29, 0.717) is 6.54 Å². The number of Topliss-reactive ketones (excluding diaryl/α,β-unsaturated/α-hetero) is 1. The molecule has 4 aliphatic rings. The number of benzene rings is 1. The Morgan fingerprint density at radius 3 is 3.00 bits per heavy atom. The lowest BCUT2D eigenvalue weighted by Gasteiger charge is -2.55. The van der Waals surface area contributed by atoms with Gasteiger partial charge in [0.05, 0.1) is 18.3 Å². The van der Waals surface area contributed by atoms with Crippen molar-refractivity contribution in [3.8, 4) is 0 Å². The van der Waals surface area contributed by atoms with Gasteiger partial charge < -0.3 is 5.32 Å². The van der Waals surface area contributed by atoms with Gasteiger partial charge in [-0.3, -0.25) is 9.79 Å². The van der Waals surface area contributed by atoms with E-state index in [4.69, 9.17) is 4.99 Å². The Morgan fingerprint density at radius 2 is 2.15 bits per heavy atom. The van der Waals surface area contributed by atoms with Crippen molar-refractivity contribution >= 4 is 24.1 Å². The normalized spacial score (nSPS) is 35.7. The van der Waals surface area contributed by atoms with Gasteiger partial charge in [0, 0.05) is 23.9 Å². The molecule has 0 bridgehead atoms.